The smallest absolute Gasteiger partial charge is 0.242 e. The van der Waals surface area contributed by atoms with Gasteiger partial charge in [0.05, 0.1) is 6.54 Å². The molecular weight excluding hydrogens is 278 g/mol. The van der Waals surface area contributed by atoms with E-state index in [0.29, 0.717) is 25.0 Å². The lowest BCUT2D eigenvalue weighted by Crippen LogP contribution is -2.54. The largest absolute Gasteiger partial charge is 0.336 e. The second-order valence-corrected chi connectivity index (χ2v) is 6.11. The van der Waals surface area contributed by atoms with Crippen LogP contribution in [0.2, 0.25) is 0 Å². The predicted molar refractivity (Wildman–Crippen MR) is 78.4 cm³/mol. The van der Waals surface area contributed by atoms with Crippen LogP contribution in [-0.2, 0) is 9.59 Å². The zero-order valence-corrected chi connectivity index (χ0v) is 12.6. The normalized spacial score (nSPS) is 30.4. The number of carbonyl (C=O) groups is 2. The van der Waals surface area contributed by atoms with E-state index in [2.05, 4.69) is 0 Å². The Morgan fingerprint density at radius 1 is 1.20 bits per heavy atom. The minimum Gasteiger partial charge on any atom is -0.336 e. The first-order valence-corrected chi connectivity index (χ1v) is 7.49. The first-order chi connectivity index (χ1) is 9.20. The molecule has 0 aromatic heterocycles. The fourth-order valence-electron chi connectivity index (χ4n) is 3.53. The van der Waals surface area contributed by atoms with Crippen LogP contribution in [0.3, 0.4) is 0 Å². The van der Waals surface area contributed by atoms with Crippen LogP contribution < -0.4 is 5.73 Å². The molecule has 114 valence electrons. The van der Waals surface area contributed by atoms with Crippen LogP contribution in [0.15, 0.2) is 0 Å². The topological polar surface area (TPSA) is 66.6 Å². The number of nitrogens with two attached hydrogens (primary N) is 1. The molecule has 2 aliphatic carbocycles. The van der Waals surface area contributed by atoms with Gasteiger partial charge in [-0.2, -0.15) is 0 Å². The summed E-state index contributed by atoms with van der Waals surface area (Å²) in [6.45, 7) is 2.29. The van der Waals surface area contributed by atoms with Crippen molar-refractivity contribution >= 4 is 24.2 Å². The van der Waals surface area contributed by atoms with Gasteiger partial charge in [-0.15, -0.1) is 12.4 Å². The van der Waals surface area contributed by atoms with E-state index in [-0.39, 0.29) is 36.7 Å². The third-order valence-corrected chi connectivity index (χ3v) is 4.84. The minimum absolute atomic E-state index is 0. The number of carbonyl (C=O) groups excluding carboxylic acids is 2. The monoisotopic (exact) mass is 301 g/mol. The highest BCUT2D eigenvalue weighted by atomic mass is 35.5. The molecule has 0 aromatic rings. The molecule has 0 unspecified atom stereocenters. The van der Waals surface area contributed by atoms with Crippen molar-refractivity contribution in [3.05, 3.63) is 0 Å². The highest BCUT2D eigenvalue weighted by Gasteiger charge is 2.40. The van der Waals surface area contributed by atoms with Crippen molar-refractivity contribution in [2.75, 3.05) is 26.2 Å². The van der Waals surface area contributed by atoms with Crippen molar-refractivity contribution in [3.63, 3.8) is 0 Å². The maximum atomic E-state index is 12.5. The lowest BCUT2D eigenvalue weighted by Gasteiger charge is -2.36. The Labute approximate surface area is 126 Å². The van der Waals surface area contributed by atoms with E-state index in [1.54, 1.807) is 4.90 Å². The van der Waals surface area contributed by atoms with E-state index in [9.17, 15) is 9.59 Å². The first kappa shape index (κ1) is 15.6. The average Bonchev–Trinajstić information content (AvgIpc) is 3.14. The molecule has 0 radical (unpaired) electrons. The average molecular weight is 302 g/mol. The molecule has 1 aliphatic heterocycles. The third-order valence-electron chi connectivity index (χ3n) is 4.84. The fraction of sp³-hybridized carbons (Fsp3) is 0.857. The molecule has 0 aromatic carbocycles. The molecule has 1 saturated heterocycles. The molecule has 5 nitrogen and oxygen atoms in total. The zero-order chi connectivity index (χ0) is 13.4. The van der Waals surface area contributed by atoms with E-state index in [1.807, 2.05) is 4.90 Å². The van der Waals surface area contributed by atoms with Crippen LogP contribution in [0.4, 0.5) is 0 Å². The third kappa shape index (κ3) is 2.93. The molecule has 3 aliphatic rings. The number of hydrogen-bond acceptors (Lipinski definition) is 3. The van der Waals surface area contributed by atoms with Crippen molar-refractivity contribution in [2.45, 2.75) is 38.1 Å². The van der Waals surface area contributed by atoms with Crippen LogP contribution in [0, 0.1) is 11.8 Å². The van der Waals surface area contributed by atoms with Gasteiger partial charge in [0.15, 0.2) is 0 Å². The van der Waals surface area contributed by atoms with Gasteiger partial charge in [-0.05, 0) is 38.1 Å². The summed E-state index contributed by atoms with van der Waals surface area (Å²) < 4.78 is 0. The highest BCUT2D eigenvalue weighted by Crippen LogP contribution is 2.33. The van der Waals surface area contributed by atoms with Gasteiger partial charge in [0.25, 0.3) is 0 Å². The predicted octanol–water partition coefficient (Wildman–Crippen LogP) is 0.616. The van der Waals surface area contributed by atoms with Crippen LogP contribution >= 0.6 is 12.4 Å². The fourth-order valence-corrected chi connectivity index (χ4v) is 3.53. The van der Waals surface area contributed by atoms with Gasteiger partial charge in [0.1, 0.15) is 0 Å². The Balaban J connectivity index is 0.00000147. The first-order valence-electron chi connectivity index (χ1n) is 7.49. The summed E-state index contributed by atoms with van der Waals surface area (Å²) in [4.78, 5) is 28.3. The Kier molecular flexibility index (Phi) is 4.91. The van der Waals surface area contributed by atoms with Gasteiger partial charge in [-0.3, -0.25) is 9.59 Å². The number of halogens is 1. The molecule has 20 heavy (non-hydrogen) atoms. The number of piperazine rings is 1. The van der Waals surface area contributed by atoms with Crippen LogP contribution in [0.25, 0.3) is 0 Å². The molecule has 2 amide bonds. The molecule has 0 spiro atoms. The maximum absolute atomic E-state index is 12.5. The molecule has 2 saturated carbocycles. The highest BCUT2D eigenvalue weighted by molar-refractivity contribution is 5.87. The lowest BCUT2D eigenvalue weighted by molar-refractivity contribution is -0.148. The van der Waals surface area contributed by atoms with Gasteiger partial charge in [0, 0.05) is 25.0 Å². The van der Waals surface area contributed by atoms with Gasteiger partial charge >= 0.3 is 0 Å². The SMILES string of the molecule is Cl.NC[C@H]1CCC[C@H]1C(=O)N1CCN(C2CC2)C(=O)C1. The number of amides is 2. The molecule has 1 heterocycles. The number of hydrogen-bond donors (Lipinski definition) is 1. The molecule has 2 atom stereocenters. The Hall–Kier alpha value is -0.810. The van der Waals surface area contributed by atoms with E-state index in [0.717, 1.165) is 38.6 Å². The van der Waals surface area contributed by atoms with Crippen LogP contribution in [0.5, 0.6) is 0 Å². The van der Waals surface area contributed by atoms with Gasteiger partial charge in [0.2, 0.25) is 11.8 Å². The Bertz CT molecular complexity index is 387. The maximum Gasteiger partial charge on any atom is 0.242 e. The summed E-state index contributed by atoms with van der Waals surface area (Å²) in [5.74, 6) is 0.676. The summed E-state index contributed by atoms with van der Waals surface area (Å²) in [6, 6.07) is 0.466. The molecule has 0 bridgehead atoms. The van der Waals surface area contributed by atoms with Gasteiger partial charge < -0.3 is 15.5 Å². The van der Waals surface area contributed by atoms with Crippen molar-refractivity contribution in [1.29, 1.82) is 0 Å². The van der Waals surface area contributed by atoms with Crippen LogP contribution in [-0.4, -0.2) is 53.8 Å². The van der Waals surface area contributed by atoms with Crippen molar-refractivity contribution in [1.82, 2.24) is 9.80 Å². The summed E-state index contributed by atoms with van der Waals surface area (Å²) >= 11 is 0. The standard InChI is InChI=1S/C14H23N3O2.ClH/c15-8-10-2-1-3-12(10)14(19)16-6-7-17(11-4-5-11)13(18)9-16;/h10-12H,1-9,15H2;1H/t10-,12-;/m1./s1. The van der Waals surface area contributed by atoms with Crippen molar-refractivity contribution < 1.29 is 9.59 Å². The lowest BCUT2D eigenvalue weighted by atomic mass is 9.94. The van der Waals surface area contributed by atoms with E-state index in [1.165, 1.54) is 0 Å². The Morgan fingerprint density at radius 3 is 2.55 bits per heavy atom. The van der Waals surface area contributed by atoms with Gasteiger partial charge in [-0.1, -0.05) is 6.42 Å². The number of rotatable bonds is 3. The van der Waals surface area contributed by atoms with E-state index in [4.69, 9.17) is 5.73 Å². The Morgan fingerprint density at radius 2 is 1.95 bits per heavy atom. The summed E-state index contributed by atoms with van der Waals surface area (Å²) in [7, 11) is 0. The van der Waals surface area contributed by atoms with Crippen molar-refractivity contribution in [3.8, 4) is 0 Å². The van der Waals surface area contributed by atoms with Gasteiger partial charge in [-0.25, -0.2) is 0 Å². The second-order valence-electron chi connectivity index (χ2n) is 6.11. The summed E-state index contributed by atoms with van der Waals surface area (Å²) in [5, 5.41) is 0. The quantitative estimate of drug-likeness (QED) is 0.831. The second kappa shape index (κ2) is 6.31. The molecule has 3 rings (SSSR count). The van der Waals surface area contributed by atoms with Crippen LogP contribution in [0.1, 0.15) is 32.1 Å². The molecular formula is C14H24ClN3O2. The summed E-state index contributed by atoms with van der Waals surface area (Å²) in [6.07, 6.45) is 5.37. The molecule has 3 fully saturated rings. The molecule has 6 heteroatoms. The van der Waals surface area contributed by atoms with E-state index >= 15 is 0 Å². The van der Waals surface area contributed by atoms with E-state index < -0.39 is 0 Å². The summed E-state index contributed by atoms with van der Waals surface area (Å²) in [5.41, 5.74) is 5.74. The molecule has 2 N–H and O–H groups in total. The van der Waals surface area contributed by atoms with Crippen molar-refractivity contribution in [2.24, 2.45) is 17.6 Å². The minimum atomic E-state index is 0. The number of nitrogens with zero attached hydrogens (tertiary/aromatic N) is 2. The zero-order valence-electron chi connectivity index (χ0n) is 11.8.